The van der Waals surface area contributed by atoms with Crippen molar-refractivity contribution in [3.8, 4) is 6.07 Å². The summed E-state index contributed by atoms with van der Waals surface area (Å²) in [5.41, 5.74) is 0.937. The first kappa shape index (κ1) is 14.9. The summed E-state index contributed by atoms with van der Waals surface area (Å²) in [6.45, 7) is 3.73. The van der Waals surface area contributed by atoms with Crippen LogP contribution in [-0.4, -0.2) is 4.98 Å². The van der Waals surface area contributed by atoms with Crippen LogP contribution in [0, 0.1) is 29.9 Å². The molecule has 0 saturated heterocycles. The number of pyridine rings is 1. The molecule has 0 aliphatic rings. The van der Waals surface area contributed by atoms with Crippen molar-refractivity contribution in [3.63, 3.8) is 0 Å². The summed E-state index contributed by atoms with van der Waals surface area (Å²) in [4.78, 5) is 4.06. The first-order valence-electron chi connectivity index (χ1n) is 6.58. The van der Waals surface area contributed by atoms with Crippen molar-refractivity contribution in [1.29, 1.82) is 5.26 Å². The summed E-state index contributed by atoms with van der Waals surface area (Å²) >= 11 is 0. The largest absolute Gasteiger partial charge is 0.364 e. The van der Waals surface area contributed by atoms with E-state index in [1.807, 2.05) is 19.9 Å². The second-order valence-electron chi connectivity index (χ2n) is 4.82. The lowest BCUT2D eigenvalue weighted by Crippen LogP contribution is -2.34. The molecule has 1 atom stereocenters. The highest BCUT2D eigenvalue weighted by atomic mass is 19.2. The SMILES string of the molecule is CCC(C#N)(Nc1ccc(F)c(F)c1)c1cnccc1C. The predicted molar refractivity (Wildman–Crippen MR) is 76.5 cm³/mol. The van der Waals surface area contributed by atoms with Gasteiger partial charge in [0.2, 0.25) is 0 Å². The van der Waals surface area contributed by atoms with Crippen LogP contribution >= 0.6 is 0 Å². The monoisotopic (exact) mass is 287 g/mol. The molecule has 0 fully saturated rings. The van der Waals surface area contributed by atoms with Crippen LogP contribution in [0.25, 0.3) is 0 Å². The molecular formula is C16H15F2N3. The van der Waals surface area contributed by atoms with Gasteiger partial charge in [0.05, 0.1) is 6.07 Å². The molecule has 2 aromatic rings. The molecule has 0 aliphatic carbocycles. The molecule has 1 unspecified atom stereocenters. The Balaban J connectivity index is 2.46. The van der Waals surface area contributed by atoms with Gasteiger partial charge < -0.3 is 5.32 Å². The third-order valence-electron chi connectivity index (χ3n) is 3.50. The molecule has 21 heavy (non-hydrogen) atoms. The molecule has 0 amide bonds. The van der Waals surface area contributed by atoms with Gasteiger partial charge in [-0.1, -0.05) is 6.92 Å². The molecule has 5 heteroatoms. The lowest BCUT2D eigenvalue weighted by molar-refractivity contribution is 0.508. The maximum atomic E-state index is 13.3. The van der Waals surface area contributed by atoms with Crippen LogP contribution in [0.1, 0.15) is 24.5 Å². The molecule has 0 spiro atoms. The first-order valence-corrected chi connectivity index (χ1v) is 6.58. The molecular weight excluding hydrogens is 272 g/mol. The number of nitrogens with zero attached hydrogens (tertiary/aromatic N) is 2. The van der Waals surface area contributed by atoms with Crippen LogP contribution in [0.15, 0.2) is 36.7 Å². The van der Waals surface area contributed by atoms with Crippen LogP contribution < -0.4 is 5.32 Å². The van der Waals surface area contributed by atoms with Gasteiger partial charge in [0, 0.05) is 29.7 Å². The fourth-order valence-electron chi connectivity index (χ4n) is 2.24. The second kappa shape index (κ2) is 5.88. The molecule has 1 N–H and O–H groups in total. The summed E-state index contributed by atoms with van der Waals surface area (Å²) in [6, 6.07) is 7.53. The molecule has 0 saturated carbocycles. The molecule has 0 bridgehead atoms. The van der Waals surface area contributed by atoms with E-state index in [1.165, 1.54) is 6.07 Å². The third-order valence-corrected chi connectivity index (χ3v) is 3.50. The Morgan fingerprint density at radius 2 is 2.05 bits per heavy atom. The van der Waals surface area contributed by atoms with Crippen LogP contribution in [0.3, 0.4) is 0 Å². The third kappa shape index (κ3) is 2.84. The Hall–Kier alpha value is -2.48. The Labute approximate surface area is 122 Å². The zero-order valence-electron chi connectivity index (χ0n) is 11.8. The number of rotatable bonds is 4. The highest BCUT2D eigenvalue weighted by Gasteiger charge is 2.32. The Morgan fingerprint density at radius 3 is 2.62 bits per heavy atom. The van der Waals surface area contributed by atoms with E-state index in [0.29, 0.717) is 12.1 Å². The van der Waals surface area contributed by atoms with E-state index >= 15 is 0 Å². The second-order valence-corrected chi connectivity index (χ2v) is 4.82. The van der Waals surface area contributed by atoms with E-state index in [9.17, 15) is 14.0 Å². The number of halogens is 2. The smallest absolute Gasteiger partial charge is 0.160 e. The lowest BCUT2D eigenvalue weighted by atomic mass is 9.86. The van der Waals surface area contributed by atoms with Gasteiger partial charge >= 0.3 is 0 Å². The van der Waals surface area contributed by atoms with E-state index in [-0.39, 0.29) is 0 Å². The van der Waals surface area contributed by atoms with Crippen molar-refractivity contribution < 1.29 is 8.78 Å². The first-order chi connectivity index (χ1) is 10.0. The minimum Gasteiger partial charge on any atom is -0.364 e. The van der Waals surface area contributed by atoms with Crippen LogP contribution in [0.5, 0.6) is 0 Å². The molecule has 2 rings (SSSR count). The van der Waals surface area contributed by atoms with Crippen molar-refractivity contribution in [1.82, 2.24) is 4.98 Å². The van der Waals surface area contributed by atoms with Crippen molar-refractivity contribution in [2.45, 2.75) is 25.8 Å². The number of hydrogen-bond donors (Lipinski definition) is 1. The number of nitriles is 1. The quantitative estimate of drug-likeness (QED) is 0.927. The summed E-state index contributed by atoms with van der Waals surface area (Å²) in [5, 5.41) is 12.6. The number of aryl methyl sites for hydroxylation is 1. The molecule has 108 valence electrons. The van der Waals surface area contributed by atoms with Gasteiger partial charge in [-0.05, 0) is 37.1 Å². The van der Waals surface area contributed by atoms with E-state index in [2.05, 4.69) is 16.4 Å². The molecule has 0 aliphatic heterocycles. The minimum absolute atomic E-state index is 0.348. The summed E-state index contributed by atoms with van der Waals surface area (Å²) in [6.07, 6.45) is 3.72. The fraction of sp³-hybridized carbons (Fsp3) is 0.250. The van der Waals surface area contributed by atoms with Crippen LogP contribution in [0.4, 0.5) is 14.5 Å². The van der Waals surface area contributed by atoms with E-state index in [1.54, 1.807) is 12.4 Å². The van der Waals surface area contributed by atoms with E-state index in [0.717, 1.165) is 23.3 Å². The zero-order chi connectivity index (χ0) is 15.5. The van der Waals surface area contributed by atoms with E-state index < -0.39 is 17.2 Å². The van der Waals surface area contributed by atoms with Gasteiger partial charge in [-0.15, -0.1) is 0 Å². The van der Waals surface area contributed by atoms with Gasteiger partial charge in [-0.2, -0.15) is 5.26 Å². The number of anilines is 1. The average molecular weight is 287 g/mol. The van der Waals surface area contributed by atoms with Gasteiger partial charge in [0.1, 0.15) is 0 Å². The molecule has 1 aromatic carbocycles. The predicted octanol–water partition coefficient (Wildman–Crippen LogP) is 3.91. The van der Waals surface area contributed by atoms with Gasteiger partial charge in [-0.25, -0.2) is 8.78 Å². The van der Waals surface area contributed by atoms with Gasteiger partial charge in [0.25, 0.3) is 0 Å². The van der Waals surface area contributed by atoms with Gasteiger partial charge in [0.15, 0.2) is 17.2 Å². The number of aromatic nitrogens is 1. The van der Waals surface area contributed by atoms with Crippen LogP contribution in [0.2, 0.25) is 0 Å². The number of nitrogens with one attached hydrogen (secondary N) is 1. The van der Waals surface area contributed by atoms with Crippen molar-refractivity contribution >= 4 is 5.69 Å². The molecule has 1 heterocycles. The van der Waals surface area contributed by atoms with Crippen molar-refractivity contribution in [2.24, 2.45) is 0 Å². The Bertz CT molecular complexity index is 694. The number of hydrogen-bond acceptors (Lipinski definition) is 3. The summed E-state index contributed by atoms with van der Waals surface area (Å²) in [7, 11) is 0. The van der Waals surface area contributed by atoms with Crippen molar-refractivity contribution in [3.05, 3.63) is 59.4 Å². The molecule has 3 nitrogen and oxygen atoms in total. The average Bonchev–Trinajstić information content (AvgIpc) is 2.49. The fourth-order valence-corrected chi connectivity index (χ4v) is 2.24. The summed E-state index contributed by atoms with van der Waals surface area (Å²) < 4.78 is 26.3. The minimum atomic E-state index is -1.04. The zero-order valence-corrected chi connectivity index (χ0v) is 11.8. The van der Waals surface area contributed by atoms with Crippen LogP contribution in [-0.2, 0) is 5.54 Å². The molecule has 0 radical (unpaired) electrons. The highest BCUT2D eigenvalue weighted by molar-refractivity contribution is 5.52. The highest BCUT2D eigenvalue weighted by Crippen LogP contribution is 2.31. The topological polar surface area (TPSA) is 48.7 Å². The normalized spacial score (nSPS) is 13.3. The maximum absolute atomic E-state index is 13.3. The lowest BCUT2D eigenvalue weighted by Gasteiger charge is -2.29. The van der Waals surface area contributed by atoms with Crippen molar-refractivity contribution in [2.75, 3.05) is 5.32 Å². The van der Waals surface area contributed by atoms with E-state index in [4.69, 9.17) is 0 Å². The maximum Gasteiger partial charge on any atom is 0.160 e. The molecule has 1 aromatic heterocycles. The Morgan fingerprint density at radius 1 is 1.29 bits per heavy atom. The van der Waals surface area contributed by atoms with Gasteiger partial charge in [-0.3, -0.25) is 4.98 Å². The number of benzene rings is 1. The standard InChI is InChI=1S/C16H15F2N3/c1-3-16(10-19,13-9-20-7-6-11(13)2)21-12-4-5-14(17)15(18)8-12/h4-9,21H,3H2,1-2H3. The Kier molecular flexibility index (Phi) is 4.18. The summed E-state index contributed by atoms with van der Waals surface area (Å²) in [5.74, 6) is -1.87.